The van der Waals surface area contributed by atoms with Crippen LogP contribution in [0.1, 0.15) is 31.2 Å². The molecule has 6 rings (SSSR count). The molecule has 2 aliphatic heterocycles. The molecule has 2 fully saturated rings. The largest absolute Gasteiger partial charge is 0.480 e. The molecule has 2 aliphatic rings. The van der Waals surface area contributed by atoms with E-state index in [1.165, 1.54) is 0 Å². The molecule has 49 heavy (non-hydrogen) atoms. The number of benzene rings is 2. The Kier molecular flexibility index (Phi) is 10.9. The number of carbonyl (C=O) groups is 2. The summed E-state index contributed by atoms with van der Waals surface area (Å²) in [6.45, 7) is 6.27. The average molecular weight is 705 g/mol. The Hall–Kier alpha value is -4.36. The number of hydrogen-bond donors (Lipinski definition) is 3. The summed E-state index contributed by atoms with van der Waals surface area (Å²) in [5.74, 6) is 1.25. The number of carbonyl (C=O) groups excluding carboxylic acids is 2. The molecule has 2 amide bonds. The van der Waals surface area contributed by atoms with E-state index in [4.69, 9.17) is 42.9 Å². The van der Waals surface area contributed by atoms with Crippen molar-refractivity contribution in [1.82, 2.24) is 40.4 Å². The third kappa shape index (κ3) is 7.78. The summed E-state index contributed by atoms with van der Waals surface area (Å²) < 4.78 is 5.59. The normalized spacial score (nSPS) is 16.5. The van der Waals surface area contributed by atoms with Gasteiger partial charge in [-0.3, -0.25) is 24.5 Å². The lowest BCUT2D eigenvalue weighted by Gasteiger charge is -2.34. The molecule has 0 saturated carbocycles. The number of anilines is 1. The van der Waals surface area contributed by atoms with Crippen molar-refractivity contribution in [2.75, 3.05) is 52.2 Å². The van der Waals surface area contributed by atoms with Crippen LogP contribution in [-0.4, -0.2) is 94.5 Å². The van der Waals surface area contributed by atoms with Crippen molar-refractivity contribution in [3.8, 4) is 39.5 Å². The number of piperazine rings is 1. The molecule has 2 aromatic carbocycles. The minimum atomic E-state index is 0.0835. The van der Waals surface area contributed by atoms with Crippen LogP contribution in [0.5, 0.6) is 5.88 Å². The summed E-state index contributed by atoms with van der Waals surface area (Å²) >= 11 is 14.1. The SMILES string of the molecule is CNc1nc(-c2cccc(-c3cccc(-c4cnc(CNC[C@@H]5CCC(=O)N5)c(OC)n4)c3Cl)c2Cl)cnc1CN1CCN(C(C)=O)CC1. The predicted octanol–water partition coefficient (Wildman–Crippen LogP) is 4.66. The molecule has 2 saturated heterocycles. The predicted molar refractivity (Wildman–Crippen MR) is 190 cm³/mol. The van der Waals surface area contributed by atoms with Gasteiger partial charge in [0, 0.05) is 94.5 Å². The van der Waals surface area contributed by atoms with Crippen molar-refractivity contribution in [3.63, 3.8) is 0 Å². The maximum absolute atomic E-state index is 11.7. The summed E-state index contributed by atoms with van der Waals surface area (Å²) in [4.78, 5) is 46.4. The van der Waals surface area contributed by atoms with Crippen molar-refractivity contribution in [2.24, 2.45) is 0 Å². The molecule has 0 unspecified atom stereocenters. The topological polar surface area (TPSA) is 138 Å². The van der Waals surface area contributed by atoms with E-state index in [9.17, 15) is 9.59 Å². The summed E-state index contributed by atoms with van der Waals surface area (Å²) in [6.07, 6.45) is 4.79. The van der Waals surface area contributed by atoms with E-state index in [1.54, 1.807) is 26.4 Å². The van der Waals surface area contributed by atoms with Gasteiger partial charge in [-0.15, -0.1) is 0 Å². The standard InChI is InChI=1S/C35H39Cl2N9O3/c1-21(47)46-14-12-45(13-15-46)20-30-34(38-2)43-27(18-41-30)25-8-4-6-23(32(25)36)24-7-5-9-26(33(24)37)28-19-40-29(35(44-28)49-3)17-39-16-22-10-11-31(48)42-22/h4-9,18-19,22,39H,10-17,20H2,1-3H3,(H,38,43)(H,42,48)/t22-/m0/s1. The van der Waals surface area contributed by atoms with Crippen molar-refractivity contribution >= 4 is 40.8 Å². The first-order chi connectivity index (χ1) is 23.7. The minimum Gasteiger partial charge on any atom is -0.480 e. The van der Waals surface area contributed by atoms with Gasteiger partial charge in [-0.05, 0) is 6.42 Å². The van der Waals surface area contributed by atoms with E-state index in [0.29, 0.717) is 83.5 Å². The van der Waals surface area contributed by atoms with Crippen LogP contribution in [0.2, 0.25) is 10.0 Å². The van der Waals surface area contributed by atoms with Gasteiger partial charge in [0.25, 0.3) is 0 Å². The number of nitrogens with zero attached hydrogens (tertiary/aromatic N) is 6. The number of halogens is 2. The second-order valence-electron chi connectivity index (χ2n) is 12.1. The van der Waals surface area contributed by atoms with Gasteiger partial charge in [-0.2, -0.15) is 0 Å². The molecule has 0 bridgehead atoms. The van der Waals surface area contributed by atoms with Crippen LogP contribution < -0.4 is 20.7 Å². The number of rotatable bonds is 11. The number of ether oxygens (including phenoxy) is 1. The third-order valence-corrected chi connectivity index (χ3v) is 9.70. The van der Waals surface area contributed by atoms with Gasteiger partial charge in [0.1, 0.15) is 11.5 Å². The lowest BCUT2D eigenvalue weighted by molar-refractivity contribution is -0.130. The number of nitrogens with one attached hydrogen (secondary N) is 3. The molecule has 1 atom stereocenters. The Labute approximate surface area is 295 Å². The zero-order chi connectivity index (χ0) is 34.5. The molecular weight excluding hydrogens is 665 g/mol. The minimum absolute atomic E-state index is 0.0835. The Balaban J connectivity index is 1.21. The van der Waals surface area contributed by atoms with Crippen LogP contribution in [0.3, 0.4) is 0 Å². The Morgan fingerprint density at radius 2 is 1.55 bits per heavy atom. The third-order valence-electron chi connectivity index (χ3n) is 8.89. The van der Waals surface area contributed by atoms with E-state index in [2.05, 4.69) is 25.8 Å². The Bertz CT molecular complexity index is 1850. The molecule has 0 spiro atoms. The molecular formula is C35H39Cl2N9O3. The zero-order valence-electron chi connectivity index (χ0n) is 27.7. The molecule has 14 heteroatoms. The first-order valence-electron chi connectivity index (χ1n) is 16.2. The molecule has 2 aromatic heterocycles. The van der Waals surface area contributed by atoms with E-state index < -0.39 is 0 Å². The fourth-order valence-electron chi connectivity index (χ4n) is 6.17. The molecule has 3 N–H and O–H groups in total. The molecule has 256 valence electrons. The highest BCUT2D eigenvalue weighted by Crippen LogP contribution is 2.42. The highest BCUT2D eigenvalue weighted by atomic mass is 35.5. The molecule has 12 nitrogen and oxygen atoms in total. The molecule has 4 heterocycles. The number of amides is 2. The Morgan fingerprint density at radius 3 is 2.12 bits per heavy atom. The van der Waals surface area contributed by atoms with Gasteiger partial charge < -0.3 is 25.6 Å². The van der Waals surface area contributed by atoms with Crippen LogP contribution in [0.4, 0.5) is 5.82 Å². The molecule has 0 aliphatic carbocycles. The number of hydrogen-bond acceptors (Lipinski definition) is 10. The lowest BCUT2D eigenvalue weighted by Crippen LogP contribution is -2.47. The van der Waals surface area contributed by atoms with Crippen LogP contribution in [-0.2, 0) is 22.7 Å². The lowest BCUT2D eigenvalue weighted by atomic mass is 9.98. The van der Waals surface area contributed by atoms with E-state index in [1.807, 2.05) is 48.3 Å². The highest BCUT2D eigenvalue weighted by Gasteiger charge is 2.23. The van der Waals surface area contributed by atoms with E-state index in [0.717, 1.165) is 41.9 Å². The van der Waals surface area contributed by atoms with Gasteiger partial charge in [0.2, 0.25) is 17.7 Å². The van der Waals surface area contributed by atoms with Crippen molar-refractivity contribution in [1.29, 1.82) is 0 Å². The molecule has 4 aromatic rings. The fourth-order valence-corrected chi connectivity index (χ4v) is 6.82. The van der Waals surface area contributed by atoms with Gasteiger partial charge in [0.05, 0.1) is 46.6 Å². The maximum atomic E-state index is 11.7. The average Bonchev–Trinajstić information content (AvgIpc) is 3.53. The number of methoxy groups -OCH3 is 1. The van der Waals surface area contributed by atoms with Crippen LogP contribution in [0.25, 0.3) is 33.6 Å². The highest BCUT2D eigenvalue weighted by molar-refractivity contribution is 6.39. The smallest absolute Gasteiger partial charge is 0.237 e. The zero-order valence-corrected chi connectivity index (χ0v) is 29.2. The second-order valence-corrected chi connectivity index (χ2v) is 12.8. The first kappa shape index (κ1) is 34.5. The van der Waals surface area contributed by atoms with Gasteiger partial charge in [0.15, 0.2) is 0 Å². The summed E-state index contributed by atoms with van der Waals surface area (Å²) in [5, 5.41) is 10.4. The first-order valence-corrected chi connectivity index (χ1v) is 17.0. The van der Waals surface area contributed by atoms with E-state index in [-0.39, 0.29) is 17.9 Å². The number of aromatic nitrogens is 4. The van der Waals surface area contributed by atoms with Gasteiger partial charge in [-0.25, -0.2) is 9.97 Å². The van der Waals surface area contributed by atoms with Gasteiger partial charge in [-0.1, -0.05) is 59.6 Å². The summed E-state index contributed by atoms with van der Waals surface area (Å²) in [5.41, 5.74) is 5.56. The fraction of sp³-hybridized carbons (Fsp3) is 0.371. The maximum Gasteiger partial charge on any atom is 0.237 e. The van der Waals surface area contributed by atoms with Crippen molar-refractivity contribution in [3.05, 3.63) is 70.2 Å². The van der Waals surface area contributed by atoms with Gasteiger partial charge >= 0.3 is 0 Å². The van der Waals surface area contributed by atoms with Crippen LogP contribution in [0.15, 0.2) is 48.8 Å². The van der Waals surface area contributed by atoms with Crippen LogP contribution >= 0.6 is 23.2 Å². The molecule has 0 radical (unpaired) electrons. The Morgan fingerprint density at radius 1 is 0.939 bits per heavy atom. The van der Waals surface area contributed by atoms with Crippen LogP contribution in [0, 0.1) is 0 Å². The summed E-state index contributed by atoms with van der Waals surface area (Å²) in [7, 11) is 3.38. The van der Waals surface area contributed by atoms with Crippen molar-refractivity contribution < 1.29 is 14.3 Å². The van der Waals surface area contributed by atoms with Crippen molar-refractivity contribution in [2.45, 2.75) is 38.9 Å². The monoisotopic (exact) mass is 703 g/mol. The quantitative estimate of drug-likeness (QED) is 0.202. The van der Waals surface area contributed by atoms with E-state index >= 15 is 0 Å². The second kappa shape index (κ2) is 15.5. The summed E-state index contributed by atoms with van der Waals surface area (Å²) in [6, 6.07) is 11.6.